The largest absolute Gasteiger partial charge is 2.00 e. The second-order valence-electron chi connectivity index (χ2n) is 0.565. The molecule has 0 aromatic heterocycles. The number of carboxylic acid groups (broad SMARTS) is 4. The summed E-state index contributed by atoms with van der Waals surface area (Å²) < 4.78 is 0. The third kappa shape index (κ3) is 201. The maximum Gasteiger partial charge on any atom is 2.00 e. The van der Waals surface area contributed by atoms with Gasteiger partial charge in [-0.05, 0) is 0 Å². The van der Waals surface area contributed by atoms with Crippen LogP contribution in [0.15, 0.2) is 0 Å². The van der Waals surface area contributed by atoms with Gasteiger partial charge in [0, 0.05) is 0 Å². The summed E-state index contributed by atoms with van der Waals surface area (Å²) in [5.74, 6) is 0. The molecule has 0 aliphatic rings. The quantitative estimate of drug-likeness (QED) is 0.456. The van der Waals surface area contributed by atoms with Crippen LogP contribution in [0, 0.1) is 0 Å². The van der Waals surface area contributed by atoms with Crippen molar-refractivity contribution in [2.24, 2.45) is 0 Å². The summed E-state index contributed by atoms with van der Waals surface area (Å²) in [7, 11) is 0. The number of rotatable bonds is 0. The van der Waals surface area contributed by atoms with Crippen molar-refractivity contribution in [3.05, 3.63) is 0 Å². The number of carbonyl (C=O) groups is 2. The van der Waals surface area contributed by atoms with Gasteiger partial charge in [0.1, 0.15) is 0 Å². The molecule has 0 unspecified atom stereocenters. The molecule has 0 heterocycles. The first-order chi connectivity index (χ1) is 3.46. The topological polar surface area (TPSA) is 115 Å². The second-order valence-corrected chi connectivity index (χ2v) is 0.565. The predicted molar refractivity (Wildman–Crippen MR) is 53.2 cm³/mol. The molecule has 0 spiro atoms. The van der Waals surface area contributed by atoms with E-state index in [1.54, 1.807) is 0 Å². The number of hydrogen-bond donors (Lipinski definition) is 4. The normalized spacial score (nSPS) is 4.00. The monoisotopic (exact) mass is 276 g/mol. The van der Waals surface area contributed by atoms with E-state index in [4.69, 9.17) is 30.0 Å². The molecule has 0 aromatic carbocycles. The van der Waals surface area contributed by atoms with Gasteiger partial charge in [0.2, 0.25) is 0 Å². The van der Waals surface area contributed by atoms with Crippen molar-refractivity contribution in [3.63, 3.8) is 0 Å². The third-order valence-corrected chi connectivity index (χ3v) is 0. The fraction of sp³-hybridized carbons (Fsp3) is 0. The minimum atomic E-state index is -1.83. The van der Waals surface area contributed by atoms with Gasteiger partial charge in [-0.2, -0.15) is 0 Å². The van der Waals surface area contributed by atoms with Gasteiger partial charge in [-0.3, -0.25) is 0 Å². The molecule has 0 aliphatic heterocycles. The van der Waals surface area contributed by atoms with E-state index in [1.165, 1.54) is 0 Å². The second kappa shape index (κ2) is 29.2. The Balaban J connectivity index is -0.00000000187. The zero-order valence-electron chi connectivity index (χ0n) is 14.4. The van der Waals surface area contributed by atoms with Gasteiger partial charge < -0.3 is 31.8 Å². The van der Waals surface area contributed by atoms with Crippen LogP contribution in [-0.4, -0.2) is 169 Å². The molecule has 0 saturated heterocycles. The zero-order valence-corrected chi connectivity index (χ0v) is 14.5. The molecule has 0 amide bonds. The fourth-order valence-corrected chi connectivity index (χ4v) is 0. The summed E-state index contributed by atoms with van der Waals surface area (Å²) in [5.41, 5.74) is 0. The molecule has 0 aromatic rings. The molecule has 6 nitrogen and oxygen atoms in total. The van der Waals surface area contributed by atoms with Crippen LogP contribution < -0.4 is 0 Å². The summed E-state index contributed by atoms with van der Waals surface area (Å²) in [5, 5.41) is 27.9. The van der Waals surface area contributed by atoms with Crippen LogP contribution in [-0.2, 0) is 0 Å². The van der Waals surface area contributed by atoms with E-state index >= 15 is 0 Å². The van der Waals surface area contributed by atoms with Gasteiger partial charge in [0.25, 0.3) is 0 Å². The minimum Gasteiger partial charge on any atom is -1.00 e. The van der Waals surface area contributed by atoms with Crippen LogP contribution in [0.3, 0.4) is 0 Å². The van der Waals surface area contributed by atoms with Crippen molar-refractivity contribution in [2.45, 2.75) is 0 Å². The molecule has 0 bridgehead atoms. The SMILES string of the molecule is O=C(O)O.O=C(O)O.[Ca+2].[Ca+2].[Ca+2].[H-].[H-].[H-].[H-].[H-].[H-].[H-].[H-].[Mg+2]. The van der Waals surface area contributed by atoms with Crippen LogP contribution >= 0.6 is 0 Å². The molecule has 12 heavy (non-hydrogen) atoms. The van der Waals surface area contributed by atoms with Crippen molar-refractivity contribution in [1.82, 2.24) is 0 Å². The molecule has 64 valence electrons. The zero-order chi connectivity index (χ0) is 7.15. The van der Waals surface area contributed by atoms with Crippen molar-refractivity contribution in [2.75, 3.05) is 0 Å². The van der Waals surface area contributed by atoms with Crippen molar-refractivity contribution in [1.29, 1.82) is 0 Å². The standard InChI is InChI=1S/2CH2O3.3Ca.Mg.8H/c2*2-1(3)4;;;;;;;;;;;;/h2*(H2,2,3,4);;;;;;;;;;;;/q;;4*+2;8*-1. The smallest absolute Gasteiger partial charge is 1.00 e. The van der Waals surface area contributed by atoms with E-state index in [0.29, 0.717) is 0 Å². The molecular formula is C2H12Ca3MgO6. The van der Waals surface area contributed by atoms with Gasteiger partial charge in [0.15, 0.2) is 0 Å². The van der Waals surface area contributed by atoms with E-state index in [-0.39, 0.29) is 148 Å². The van der Waals surface area contributed by atoms with E-state index in [1.807, 2.05) is 0 Å². The van der Waals surface area contributed by atoms with Crippen molar-refractivity contribution < 1.29 is 41.4 Å². The van der Waals surface area contributed by atoms with Crippen LogP contribution in [0.2, 0.25) is 0 Å². The predicted octanol–water partition coefficient (Wildman–Crippen LogP) is -0.178. The van der Waals surface area contributed by atoms with Crippen molar-refractivity contribution >= 4 is 149 Å². The van der Waals surface area contributed by atoms with Gasteiger partial charge in [-0.25, -0.2) is 9.59 Å². The molecule has 0 radical (unpaired) electrons. The first-order valence-electron chi connectivity index (χ1n) is 1.30. The Hall–Kier alpha value is 3.09. The third-order valence-electron chi connectivity index (χ3n) is 0. The van der Waals surface area contributed by atoms with Crippen LogP contribution in [0.5, 0.6) is 0 Å². The maximum absolute atomic E-state index is 8.56. The maximum atomic E-state index is 8.56. The molecular weight excluding hydrogens is 265 g/mol. The Kier molecular flexibility index (Phi) is 88.3. The molecule has 4 N–H and O–H groups in total. The average Bonchev–Trinajstić information content (AvgIpc) is 1.25. The molecule has 0 atom stereocenters. The fourth-order valence-electron chi connectivity index (χ4n) is 0. The van der Waals surface area contributed by atoms with Crippen LogP contribution in [0.25, 0.3) is 0 Å². The Bertz CT molecular complexity index is 98.2. The molecule has 10 heteroatoms. The van der Waals surface area contributed by atoms with E-state index in [9.17, 15) is 0 Å². The van der Waals surface area contributed by atoms with Gasteiger partial charge in [-0.1, -0.05) is 0 Å². The molecule has 0 aliphatic carbocycles. The van der Waals surface area contributed by atoms with Gasteiger partial charge in [0.05, 0.1) is 0 Å². The van der Waals surface area contributed by atoms with Crippen molar-refractivity contribution in [3.8, 4) is 0 Å². The Morgan fingerprint density at radius 2 is 0.750 bits per heavy atom. The summed E-state index contributed by atoms with van der Waals surface area (Å²) >= 11 is 0. The Labute approximate surface area is 186 Å². The van der Waals surface area contributed by atoms with E-state index in [0.717, 1.165) is 0 Å². The van der Waals surface area contributed by atoms with E-state index in [2.05, 4.69) is 0 Å². The Morgan fingerprint density at radius 3 is 0.750 bits per heavy atom. The molecule has 0 rings (SSSR count). The Morgan fingerprint density at radius 1 is 0.750 bits per heavy atom. The summed E-state index contributed by atoms with van der Waals surface area (Å²) in [6.07, 6.45) is -3.67. The first kappa shape index (κ1) is 36.3. The van der Waals surface area contributed by atoms with Gasteiger partial charge >= 0.3 is 149 Å². The first-order valence-corrected chi connectivity index (χ1v) is 1.30. The summed E-state index contributed by atoms with van der Waals surface area (Å²) in [6.45, 7) is 0. The van der Waals surface area contributed by atoms with Gasteiger partial charge in [-0.15, -0.1) is 0 Å². The minimum absolute atomic E-state index is 0. The summed E-state index contributed by atoms with van der Waals surface area (Å²) in [6, 6.07) is 0. The summed E-state index contributed by atoms with van der Waals surface area (Å²) in [4.78, 5) is 17.1. The van der Waals surface area contributed by atoms with Crippen LogP contribution in [0.4, 0.5) is 9.59 Å². The van der Waals surface area contributed by atoms with Crippen LogP contribution in [0.1, 0.15) is 11.4 Å². The molecule has 0 fully saturated rings. The average molecular weight is 277 g/mol. The molecule has 0 saturated carbocycles. The number of hydrogen-bond acceptors (Lipinski definition) is 2. The van der Waals surface area contributed by atoms with E-state index < -0.39 is 12.3 Å².